The van der Waals surface area contributed by atoms with Gasteiger partial charge in [-0.1, -0.05) is 6.92 Å². The van der Waals surface area contributed by atoms with Crippen LogP contribution in [0.5, 0.6) is 0 Å². The summed E-state index contributed by atoms with van der Waals surface area (Å²) in [7, 11) is 1.80. The number of aryl methyl sites for hydroxylation is 2. The zero-order valence-corrected chi connectivity index (χ0v) is 12.7. The third kappa shape index (κ3) is 2.38. The fourth-order valence-corrected chi connectivity index (χ4v) is 3.55. The van der Waals surface area contributed by atoms with E-state index in [0.717, 1.165) is 57.0 Å². The summed E-state index contributed by atoms with van der Waals surface area (Å²) in [6.45, 7) is 7.87. The number of hydrogen-bond donors (Lipinski definition) is 1. The number of H-pyrrole nitrogens is 1. The Labute approximate surface area is 120 Å². The van der Waals surface area contributed by atoms with Crippen LogP contribution in [0.2, 0.25) is 0 Å². The molecule has 1 N–H and O–H groups in total. The average molecular weight is 279 g/mol. The van der Waals surface area contributed by atoms with Crippen molar-refractivity contribution in [1.82, 2.24) is 14.9 Å². The lowest BCUT2D eigenvalue weighted by Gasteiger charge is -2.28. The molecular formula is C15H25N3O2. The number of imidazole rings is 1. The van der Waals surface area contributed by atoms with Crippen LogP contribution in [0.15, 0.2) is 0 Å². The van der Waals surface area contributed by atoms with Crippen molar-refractivity contribution in [3.8, 4) is 0 Å². The Morgan fingerprint density at radius 1 is 1.55 bits per heavy atom. The molecule has 1 spiro atoms. The summed E-state index contributed by atoms with van der Waals surface area (Å²) in [6.07, 6.45) is 3.40. The molecule has 3 rings (SSSR count). The van der Waals surface area contributed by atoms with Gasteiger partial charge in [0.2, 0.25) is 0 Å². The molecule has 0 amide bonds. The number of hydrogen-bond acceptors (Lipinski definition) is 4. The van der Waals surface area contributed by atoms with Crippen LogP contribution in [0.1, 0.15) is 37.0 Å². The van der Waals surface area contributed by atoms with E-state index in [2.05, 4.69) is 28.7 Å². The van der Waals surface area contributed by atoms with Crippen molar-refractivity contribution in [3.05, 3.63) is 17.2 Å². The van der Waals surface area contributed by atoms with Crippen LogP contribution in [-0.4, -0.2) is 53.4 Å². The van der Waals surface area contributed by atoms with Gasteiger partial charge in [-0.25, -0.2) is 4.98 Å². The van der Waals surface area contributed by atoms with Gasteiger partial charge in [-0.05, 0) is 19.8 Å². The van der Waals surface area contributed by atoms with E-state index >= 15 is 0 Å². The van der Waals surface area contributed by atoms with Crippen molar-refractivity contribution < 1.29 is 9.47 Å². The van der Waals surface area contributed by atoms with E-state index in [1.807, 2.05) is 0 Å². The highest BCUT2D eigenvalue weighted by Crippen LogP contribution is 2.37. The Bertz CT molecular complexity index is 466. The highest BCUT2D eigenvalue weighted by Gasteiger charge is 2.50. The van der Waals surface area contributed by atoms with Crippen LogP contribution in [0, 0.1) is 6.92 Å². The monoisotopic (exact) mass is 279 g/mol. The first-order valence-electron chi connectivity index (χ1n) is 7.60. The SMILES string of the molecule is CCc1nc(CN2C[C@H](OC)[C@]3(CCCO3)C2)c(C)[nH]1. The molecule has 2 aliphatic rings. The lowest BCUT2D eigenvalue weighted by molar-refractivity contribution is -0.0756. The molecule has 0 aliphatic carbocycles. The van der Waals surface area contributed by atoms with E-state index in [1.165, 1.54) is 5.69 Å². The minimum atomic E-state index is -0.0768. The maximum atomic E-state index is 6.03. The Morgan fingerprint density at radius 2 is 2.40 bits per heavy atom. The predicted molar refractivity (Wildman–Crippen MR) is 76.7 cm³/mol. The van der Waals surface area contributed by atoms with Gasteiger partial charge in [-0.15, -0.1) is 0 Å². The number of aromatic amines is 1. The molecule has 1 aromatic heterocycles. The molecule has 112 valence electrons. The van der Waals surface area contributed by atoms with Gasteiger partial charge >= 0.3 is 0 Å². The van der Waals surface area contributed by atoms with Crippen LogP contribution in [-0.2, 0) is 22.4 Å². The third-order valence-electron chi connectivity index (χ3n) is 4.66. The zero-order valence-electron chi connectivity index (χ0n) is 12.7. The van der Waals surface area contributed by atoms with Gasteiger partial charge in [0, 0.05) is 45.5 Å². The van der Waals surface area contributed by atoms with E-state index < -0.39 is 0 Å². The zero-order chi connectivity index (χ0) is 14.2. The molecule has 2 saturated heterocycles. The van der Waals surface area contributed by atoms with Crippen molar-refractivity contribution in [3.63, 3.8) is 0 Å². The maximum absolute atomic E-state index is 6.03. The highest BCUT2D eigenvalue weighted by atomic mass is 16.6. The second kappa shape index (κ2) is 5.47. The molecule has 2 aliphatic heterocycles. The second-order valence-electron chi connectivity index (χ2n) is 6.02. The first-order chi connectivity index (χ1) is 9.66. The summed E-state index contributed by atoms with van der Waals surface area (Å²) in [5, 5.41) is 0. The first-order valence-corrected chi connectivity index (χ1v) is 7.60. The van der Waals surface area contributed by atoms with Crippen molar-refractivity contribution in [1.29, 1.82) is 0 Å². The molecule has 1 aromatic rings. The lowest BCUT2D eigenvalue weighted by Crippen LogP contribution is -2.41. The predicted octanol–water partition coefficient (Wildman–Crippen LogP) is 1.66. The Balaban J connectivity index is 1.71. The average Bonchev–Trinajstić information content (AvgIpc) is 3.13. The van der Waals surface area contributed by atoms with Gasteiger partial charge in [0.25, 0.3) is 0 Å². The molecular weight excluding hydrogens is 254 g/mol. The molecule has 0 aromatic carbocycles. The fourth-order valence-electron chi connectivity index (χ4n) is 3.55. The standard InChI is InChI=1S/C15H25N3O2/c1-4-14-16-11(2)12(17-14)8-18-9-13(19-3)15(10-18)6-5-7-20-15/h13H,4-10H2,1-3H3,(H,16,17)/t13-,15-/m0/s1. The third-order valence-corrected chi connectivity index (χ3v) is 4.66. The molecule has 0 unspecified atom stereocenters. The minimum Gasteiger partial charge on any atom is -0.377 e. The lowest BCUT2D eigenvalue weighted by atomic mass is 9.96. The molecule has 3 heterocycles. The fraction of sp³-hybridized carbons (Fsp3) is 0.800. The molecule has 2 fully saturated rings. The van der Waals surface area contributed by atoms with E-state index in [4.69, 9.17) is 9.47 Å². The molecule has 5 heteroatoms. The maximum Gasteiger partial charge on any atom is 0.108 e. The molecule has 0 bridgehead atoms. The van der Waals surface area contributed by atoms with Gasteiger partial charge < -0.3 is 14.5 Å². The number of rotatable bonds is 4. The summed E-state index contributed by atoms with van der Waals surface area (Å²) < 4.78 is 11.7. The van der Waals surface area contributed by atoms with Gasteiger partial charge in [-0.3, -0.25) is 4.90 Å². The minimum absolute atomic E-state index is 0.0768. The normalized spacial score (nSPS) is 30.6. The van der Waals surface area contributed by atoms with Crippen molar-refractivity contribution >= 4 is 0 Å². The number of nitrogens with one attached hydrogen (secondary N) is 1. The summed E-state index contributed by atoms with van der Waals surface area (Å²) >= 11 is 0. The van der Waals surface area contributed by atoms with Crippen LogP contribution in [0.25, 0.3) is 0 Å². The smallest absolute Gasteiger partial charge is 0.108 e. The van der Waals surface area contributed by atoms with Gasteiger partial charge in [0.05, 0.1) is 11.8 Å². The topological polar surface area (TPSA) is 50.4 Å². The highest BCUT2D eigenvalue weighted by molar-refractivity contribution is 5.14. The van der Waals surface area contributed by atoms with E-state index in [1.54, 1.807) is 7.11 Å². The summed E-state index contributed by atoms with van der Waals surface area (Å²) in [4.78, 5) is 10.5. The van der Waals surface area contributed by atoms with Crippen molar-refractivity contribution in [2.24, 2.45) is 0 Å². The van der Waals surface area contributed by atoms with Gasteiger partial charge in [0.1, 0.15) is 11.4 Å². The Morgan fingerprint density at radius 3 is 3.00 bits per heavy atom. The van der Waals surface area contributed by atoms with E-state index in [-0.39, 0.29) is 11.7 Å². The number of aromatic nitrogens is 2. The molecule has 20 heavy (non-hydrogen) atoms. The van der Waals surface area contributed by atoms with Gasteiger partial charge in [0.15, 0.2) is 0 Å². The van der Waals surface area contributed by atoms with Crippen LogP contribution in [0.4, 0.5) is 0 Å². The Kier molecular flexibility index (Phi) is 3.84. The van der Waals surface area contributed by atoms with Crippen LogP contribution < -0.4 is 0 Å². The Hall–Kier alpha value is -0.910. The number of likely N-dealkylation sites (tertiary alicyclic amines) is 1. The number of methoxy groups -OCH3 is 1. The molecule has 0 saturated carbocycles. The molecule has 5 nitrogen and oxygen atoms in total. The summed E-state index contributed by atoms with van der Waals surface area (Å²) in [6, 6.07) is 0. The summed E-state index contributed by atoms with van der Waals surface area (Å²) in [5.41, 5.74) is 2.27. The van der Waals surface area contributed by atoms with E-state index in [9.17, 15) is 0 Å². The summed E-state index contributed by atoms with van der Waals surface area (Å²) in [5.74, 6) is 1.08. The quantitative estimate of drug-likeness (QED) is 0.910. The molecule has 2 atom stereocenters. The van der Waals surface area contributed by atoms with Crippen LogP contribution in [0.3, 0.4) is 0 Å². The van der Waals surface area contributed by atoms with E-state index in [0.29, 0.717) is 0 Å². The van der Waals surface area contributed by atoms with Crippen LogP contribution >= 0.6 is 0 Å². The number of nitrogens with zero attached hydrogens (tertiary/aromatic N) is 2. The first kappa shape index (κ1) is 14.0. The second-order valence-corrected chi connectivity index (χ2v) is 6.02. The largest absolute Gasteiger partial charge is 0.377 e. The number of ether oxygens (including phenoxy) is 2. The van der Waals surface area contributed by atoms with Crippen molar-refractivity contribution in [2.75, 3.05) is 26.8 Å². The molecule has 0 radical (unpaired) electrons. The van der Waals surface area contributed by atoms with Gasteiger partial charge in [-0.2, -0.15) is 0 Å². The van der Waals surface area contributed by atoms with Crippen molar-refractivity contribution in [2.45, 2.75) is 51.4 Å².